The van der Waals surface area contributed by atoms with Crippen LogP contribution in [-0.4, -0.2) is 10.7 Å². The van der Waals surface area contributed by atoms with E-state index in [1.807, 2.05) is 25.1 Å². The van der Waals surface area contributed by atoms with E-state index in [4.69, 9.17) is 9.40 Å². The minimum Gasteiger partial charge on any atom is -0.461 e. The molecule has 0 atom stereocenters. The summed E-state index contributed by atoms with van der Waals surface area (Å²) < 4.78 is 5.83. The van der Waals surface area contributed by atoms with Gasteiger partial charge in [-0.2, -0.15) is 5.26 Å². The molecule has 0 N–H and O–H groups in total. The fourth-order valence-electron chi connectivity index (χ4n) is 2.91. The summed E-state index contributed by atoms with van der Waals surface area (Å²) in [5.41, 5.74) is 3.91. The summed E-state index contributed by atoms with van der Waals surface area (Å²) >= 11 is 1.57. The van der Waals surface area contributed by atoms with E-state index in [1.54, 1.807) is 11.8 Å². The highest BCUT2D eigenvalue weighted by atomic mass is 32.2. The quantitative estimate of drug-likeness (QED) is 0.608. The monoisotopic (exact) mass is 310 g/mol. The summed E-state index contributed by atoms with van der Waals surface area (Å²) in [6.07, 6.45) is 6.09. The van der Waals surface area contributed by atoms with Crippen molar-refractivity contribution in [3.63, 3.8) is 0 Å². The van der Waals surface area contributed by atoms with Crippen LogP contribution in [0, 0.1) is 18.3 Å². The van der Waals surface area contributed by atoms with Crippen molar-refractivity contribution in [1.29, 1.82) is 5.26 Å². The average Bonchev–Trinajstić information content (AvgIpc) is 2.97. The zero-order valence-corrected chi connectivity index (χ0v) is 13.5. The molecule has 0 fully saturated rings. The highest BCUT2D eigenvalue weighted by molar-refractivity contribution is 7.99. The number of furan rings is 1. The van der Waals surface area contributed by atoms with E-state index in [-0.39, 0.29) is 0 Å². The second-order valence-electron chi connectivity index (χ2n) is 5.42. The van der Waals surface area contributed by atoms with Crippen LogP contribution in [0.15, 0.2) is 34.2 Å². The van der Waals surface area contributed by atoms with Crippen LogP contribution in [0.1, 0.15) is 35.4 Å². The Bertz CT molecular complexity index is 755. The van der Waals surface area contributed by atoms with Gasteiger partial charge in [0.1, 0.15) is 22.6 Å². The third kappa shape index (κ3) is 2.69. The first kappa shape index (κ1) is 14.9. The van der Waals surface area contributed by atoms with Crippen molar-refractivity contribution in [3.8, 4) is 17.4 Å². The van der Waals surface area contributed by atoms with Gasteiger partial charge >= 0.3 is 0 Å². The molecule has 0 spiro atoms. The molecule has 1 aliphatic rings. The van der Waals surface area contributed by atoms with E-state index >= 15 is 0 Å². The van der Waals surface area contributed by atoms with Gasteiger partial charge in [-0.25, -0.2) is 4.98 Å². The molecule has 4 heteroatoms. The van der Waals surface area contributed by atoms with E-state index in [9.17, 15) is 5.26 Å². The molecule has 0 radical (unpaired) electrons. The number of pyridine rings is 1. The van der Waals surface area contributed by atoms with Crippen LogP contribution in [-0.2, 0) is 12.8 Å². The third-order valence-corrected chi connectivity index (χ3v) is 4.85. The molecule has 112 valence electrons. The lowest BCUT2D eigenvalue weighted by Crippen LogP contribution is -2.10. The van der Waals surface area contributed by atoms with Crippen molar-refractivity contribution in [2.24, 2.45) is 0 Å². The number of nitrogens with zero attached hydrogens (tertiary/aromatic N) is 2. The molecule has 3 nitrogen and oxygen atoms in total. The smallest absolute Gasteiger partial charge is 0.136 e. The maximum Gasteiger partial charge on any atom is 0.136 e. The molecule has 0 amide bonds. The SMILES string of the molecule is C=CCSc1nc2c(c(-c3ccc(C)o3)c1C#N)CCCC2. The summed E-state index contributed by atoms with van der Waals surface area (Å²) in [5.74, 6) is 2.40. The Labute approximate surface area is 135 Å². The topological polar surface area (TPSA) is 49.8 Å². The molecule has 3 rings (SSSR count). The van der Waals surface area contributed by atoms with Crippen molar-refractivity contribution in [2.75, 3.05) is 5.75 Å². The molecule has 22 heavy (non-hydrogen) atoms. The van der Waals surface area contributed by atoms with E-state index < -0.39 is 0 Å². The van der Waals surface area contributed by atoms with Crippen LogP contribution < -0.4 is 0 Å². The van der Waals surface area contributed by atoms with Crippen LogP contribution >= 0.6 is 11.8 Å². The van der Waals surface area contributed by atoms with Gasteiger partial charge in [0, 0.05) is 17.0 Å². The van der Waals surface area contributed by atoms with E-state index in [2.05, 4.69) is 12.6 Å². The predicted octanol–water partition coefficient (Wildman–Crippen LogP) is 4.68. The lowest BCUT2D eigenvalue weighted by atomic mass is 9.89. The fraction of sp³-hybridized carbons (Fsp3) is 0.333. The van der Waals surface area contributed by atoms with Gasteiger partial charge in [-0.3, -0.25) is 0 Å². The van der Waals surface area contributed by atoms with E-state index in [1.165, 1.54) is 5.56 Å². The minimum atomic E-state index is 0.641. The highest BCUT2D eigenvalue weighted by Gasteiger charge is 2.24. The molecule has 1 aliphatic carbocycles. The summed E-state index contributed by atoms with van der Waals surface area (Å²) in [7, 11) is 0. The Morgan fingerprint density at radius 1 is 1.41 bits per heavy atom. The van der Waals surface area contributed by atoms with Gasteiger partial charge in [0.05, 0.1) is 5.56 Å². The maximum absolute atomic E-state index is 9.70. The van der Waals surface area contributed by atoms with E-state index in [0.717, 1.165) is 59.2 Å². The first-order valence-corrected chi connectivity index (χ1v) is 8.49. The third-order valence-electron chi connectivity index (χ3n) is 3.88. The molecule has 0 unspecified atom stereocenters. The van der Waals surface area contributed by atoms with Crippen molar-refractivity contribution in [2.45, 2.75) is 37.6 Å². The van der Waals surface area contributed by atoms with Crippen molar-refractivity contribution < 1.29 is 4.42 Å². The first-order valence-electron chi connectivity index (χ1n) is 7.51. The summed E-state index contributed by atoms with van der Waals surface area (Å²) in [6, 6.07) is 6.26. The Morgan fingerprint density at radius 2 is 2.23 bits per heavy atom. The first-order chi connectivity index (χ1) is 10.7. The second-order valence-corrected chi connectivity index (χ2v) is 6.43. The largest absolute Gasteiger partial charge is 0.461 e. The fourth-order valence-corrected chi connectivity index (χ4v) is 3.65. The molecule has 2 heterocycles. The molecule has 0 saturated carbocycles. The number of thioether (sulfide) groups is 1. The molecule has 2 aromatic heterocycles. The lowest BCUT2D eigenvalue weighted by Gasteiger charge is -2.20. The normalized spacial score (nSPS) is 13.5. The summed E-state index contributed by atoms with van der Waals surface area (Å²) in [4.78, 5) is 4.77. The van der Waals surface area contributed by atoms with Crippen LogP contribution in [0.2, 0.25) is 0 Å². The van der Waals surface area contributed by atoms with Crippen molar-refractivity contribution in [3.05, 3.63) is 47.4 Å². The minimum absolute atomic E-state index is 0.641. The summed E-state index contributed by atoms with van der Waals surface area (Å²) in [6.45, 7) is 5.68. The molecule has 0 bridgehead atoms. The Balaban J connectivity index is 2.23. The van der Waals surface area contributed by atoms with Gasteiger partial charge in [0.15, 0.2) is 0 Å². The molecular formula is C18H18N2OS. The second kappa shape index (κ2) is 6.41. The lowest BCUT2D eigenvalue weighted by molar-refractivity contribution is 0.545. The van der Waals surface area contributed by atoms with Gasteiger partial charge in [-0.15, -0.1) is 18.3 Å². The van der Waals surface area contributed by atoms with Crippen molar-refractivity contribution in [1.82, 2.24) is 4.98 Å². The van der Waals surface area contributed by atoms with Gasteiger partial charge < -0.3 is 4.42 Å². The van der Waals surface area contributed by atoms with Crippen LogP contribution in [0.25, 0.3) is 11.3 Å². The summed E-state index contributed by atoms with van der Waals surface area (Å²) in [5, 5.41) is 10.5. The van der Waals surface area contributed by atoms with Gasteiger partial charge in [-0.1, -0.05) is 6.08 Å². The molecule has 0 aromatic carbocycles. The van der Waals surface area contributed by atoms with Gasteiger partial charge in [-0.05, 0) is 50.3 Å². The van der Waals surface area contributed by atoms with Gasteiger partial charge in [0.25, 0.3) is 0 Å². The van der Waals surface area contributed by atoms with Crippen LogP contribution in [0.4, 0.5) is 0 Å². The Morgan fingerprint density at radius 3 is 2.91 bits per heavy atom. The van der Waals surface area contributed by atoms with Crippen molar-refractivity contribution >= 4 is 11.8 Å². The zero-order valence-electron chi connectivity index (χ0n) is 12.7. The predicted molar refractivity (Wildman–Crippen MR) is 89.0 cm³/mol. The Kier molecular flexibility index (Phi) is 4.35. The number of hydrogen-bond acceptors (Lipinski definition) is 4. The number of fused-ring (bicyclic) bond motifs is 1. The molecular weight excluding hydrogens is 292 g/mol. The number of nitriles is 1. The number of aromatic nitrogens is 1. The number of hydrogen-bond donors (Lipinski definition) is 0. The molecule has 2 aromatic rings. The molecule has 0 aliphatic heterocycles. The van der Waals surface area contributed by atoms with Gasteiger partial charge in [0.2, 0.25) is 0 Å². The molecule has 0 saturated heterocycles. The average molecular weight is 310 g/mol. The van der Waals surface area contributed by atoms with E-state index in [0.29, 0.717) is 5.56 Å². The Hall–Kier alpha value is -1.99. The highest BCUT2D eigenvalue weighted by Crippen LogP contribution is 2.38. The number of aryl methyl sites for hydroxylation is 2. The zero-order chi connectivity index (χ0) is 15.5. The maximum atomic E-state index is 9.70. The van der Waals surface area contributed by atoms with Crippen LogP contribution in [0.3, 0.4) is 0 Å². The standard InChI is InChI=1S/C18H18N2OS/c1-3-10-22-18-14(11-19)17(16-9-8-12(2)21-16)13-6-4-5-7-15(13)20-18/h3,8-9H,1,4-7,10H2,2H3. The van der Waals surface area contributed by atoms with Crippen LogP contribution in [0.5, 0.6) is 0 Å². The number of rotatable bonds is 4.